The Hall–Kier alpha value is -0.530. The van der Waals surface area contributed by atoms with E-state index in [4.69, 9.17) is 9.90 Å². The first-order chi connectivity index (χ1) is 6.00. The summed E-state index contributed by atoms with van der Waals surface area (Å²) in [4.78, 5) is 9.12. The molecule has 0 rings (SSSR count). The van der Waals surface area contributed by atoms with Crippen LogP contribution in [-0.2, 0) is 4.79 Å². The average molecular weight is 253 g/mol. The molecule has 94 valence electrons. The van der Waals surface area contributed by atoms with E-state index in [0.29, 0.717) is 0 Å². The Labute approximate surface area is 92.8 Å². The predicted molar refractivity (Wildman–Crippen MR) is 45.2 cm³/mol. The molecule has 0 aliphatic rings. The molecule has 0 spiro atoms. The van der Waals surface area contributed by atoms with Gasteiger partial charge in [-0.05, 0) is 0 Å². The normalized spacial score (nSPS) is 10.9. The first-order valence-electron chi connectivity index (χ1n) is 3.78. The number of nitrogens with zero attached hydrogens (tertiary/aromatic N) is 1. The molecule has 15 heavy (non-hydrogen) atoms. The van der Waals surface area contributed by atoms with Gasteiger partial charge in [0.1, 0.15) is 6.54 Å². The Morgan fingerprint density at radius 3 is 1.60 bits per heavy atom. The van der Waals surface area contributed by atoms with E-state index in [1.807, 2.05) is 0 Å². The van der Waals surface area contributed by atoms with Gasteiger partial charge in [0.05, 0.1) is 27.7 Å². The lowest BCUT2D eigenvalue weighted by atomic mass is 10.5. The number of rotatable bonds is 2. The number of carbonyl (C=O) groups excluding carboxylic acids is 1. The summed E-state index contributed by atoms with van der Waals surface area (Å²) in [6.07, 6.45) is -4.86. The summed E-state index contributed by atoms with van der Waals surface area (Å²) in [7, 11) is 6.16. The van der Waals surface area contributed by atoms with Crippen molar-refractivity contribution in [3.05, 3.63) is 0 Å². The summed E-state index contributed by atoms with van der Waals surface area (Å²) in [6, 6.07) is 0. The van der Waals surface area contributed by atoms with E-state index < -0.39 is 12.1 Å². The van der Waals surface area contributed by atoms with Crippen LogP contribution in [0.4, 0.5) is 13.2 Å². The summed E-state index contributed by atoms with van der Waals surface area (Å²) in [6.45, 7) is 1.11. The number of halogens is 4. The van der Waals surface area contributed by atoms with E-state index in [9.17, 15) is 13.2 Å². The van der Waals surface area contributed by atoms with Crippen LogP contribution in [0, 0.1) is 0 Å². The lowest BCUT2D eigenvalue weighted by molar-refractivity contribution is -0.870. The number of amides is 1. The Balaban J connectivity index is -0.000000180. The van der Waals surface area contributed by atoms with Gasteiger partial charge in [0.15, 0.2) is 0 Å². The first kappa shape index (κ1) is 20.0. The van der Waals surface area contributed by atoms with Crippen molar-refractivity contribution in [2.45, 2.75) is 6.18 Å². The number of nitrogens with two attached hydrogens (primary N) is 1. The molecule has 0 aliphatic heterocycles. The van der Waals surface area contributed by atoms with Gasteiger partial charge in [-0.1, -0.05) is 0 Å². The monoisotopic (exact) mass is 252 g/mol. The number of alkyl halides is 3. The third-order valence-electron chi connectivity index (χ3n) is 1.05. The van der Waals surface area contributed by atoms with Crippen molar-refractivity contribution in [2.75, 3.05) is 34.3 Å². The molecule has 0 aromatic carbocycles. The van der Waals surface area contributed by atoms with E-state index in [2.05, 4.69) is 26.9 Å². The predicted octanol–water partition coefficient (Wildman–Crippen LogP) is -3.28. The van der Waals surface area contributed by atoms with E-state index in [0.717, 1.165) is 11.0 Å². The van der Waals surface area contributed by atoms with Gasteiger partial charge in [0.25, 0.3) is 0 Å². The number of aliphatic hydroxyl groups excluding tert-OH is 1. The Kier molecular flexibility index (Phi) is 10.3. The smallest absolute Gasteiger partial charge is 0.470 e. The third-order valence-corrected chi connectivity index (χ3v) is 1.05. The second-order valence-electron chi connectivity index (χ2n) is 3.60. The van der Waals surface area contributed by atoms with Gasteiger partial charge >= 0.3 is 12.1 Å². The van der Waals surface area contributed by atoms with Crippen LogP contribution in [0.25, 0.3) is 0 Å². The molecule has 0 fully saturated rings. The fourth-order valence-corrected chi connectivity index (χ4v) is 0.300. The van der Waals surface area contributed by atoms with Gasteiger partial charge in [-0.15, -0.1) is 0 Å². The zero-order chi connectivity index (χ0) is 12.0. The molecular weight excluding hydrogens is 237 g/mol. The molecule has 0 bridgehead atoms. The van der Waals surface area contributed by atoms with Crippen LogP contribution in [0.5, 0.6) is 0 Å². The molecule has 0 saturated carbocycles. The summed E-state index contributed by atoms with van der Waals surface area (Å²) < 4.78 is 33.0. The second kappa shape index (κ2) is 7.72. The minimum atomic E-state index is -4.86. The van der Waals surface area contributed by atoms with Crippen molar-refractivity contribution in [2.24, 2.45) is 5.73 Å². The molecule has 0 saturated heterocycles. The highest BCUT2D eigenvalue weighted by molar-refractivity contribution is 5.79. The average Bonchev–Trinajstić information content (AvgIpc) is 1.82. The fourth-order valence-electron chi connectivity index (χ4n) is 0.300. The molecule has 1 amide bonds. The maximum atomic E-state index is 10.7. The van der Waals surface area contributed by atoms with Gasteiger partial charge in [0.2, 0.25) is 0 Å². The molecule has 0 unspecified atom stereocenters. The van der Waals surface area contributed by atoms with Crippen LogP contribution in [0.15, 0.2) is 0 Å². The number of hydrogen-bond donors (Lipinski definition) is 2. The second-order valence-corrected chi connectivity index (χ2v) is 3.60. The molecule has 0 atom stereocenters. The standard InChI is InChI=1S/C5H14NO.C2H2F3NO.ClH/c1-6(2,3)4-5-7;3-2(4,5)1(6)7;/h7H,4-5H2,1-3H3;(H2,6,7);1H/q+1;;/p-1. The number of primary amides is 1. The van der Waals surface area contributed by atoms with E-state index in [1.54, 1.807) is 0 Å². The third kappa shape index (κ3) is 19.8. The topological polar surface area (TPSA) is 63.3 Å². The lowest BCUT2D eigenvalue weighted by Crippen LogP contribution is -3.00. The van der Waals surface area contributed by atoms with Crippen LogP contribution >= 0.6 is 0 Å². The zero-order valence-corrected chi connectivity index (χ0v) is 9.56. The van der Waals surface area contributed by atoms with Crippen molar-refractivity contribution in [3.8, 4) is 0 Å². The summed E-state index contributed by atoms with van der Waals surface area (Å²) in [5, 5.41) is 8.39. The molecule has 0 heterocycles. The van der Waals surface area contributed by atoms with Crippen LogP contribution in [-0.4, -0.2) is 56.0 Å². The summed E-state index contributed by atoms with van der Waals surface area (Å²) in [5.41, 5.74) is 3.81. The molecular formula is C7H16ClF3N2O2. The Bertz CT molecular complexity index is 180. The van der Waals surface area contributed by atoms with Crippen molar-refractivity contribution in [3.63, 3.8) is 0 Å². The minimum absolute atomic E-state index is 0. The quantitative estimate of drug-likeness (QED) is 0.507. The van der Waals surface area contributed by atoms with Gasteiger partial charge in [-0.25, -0.2) is 0 Å². The van der Waals surface area contributed by atoms with Crippen molar-refractivity contribution >= 4 is 5.91 Å². The number of likely N-dealkylation sites (N-methyl/N-ethyl adjacent to an activating group) is 1. The number of carbonyl (C=O) groups is 1. The first-order valence-corrected chi connectivity index (χ1v) is 3.78. The van der Waals surface area contributed by atoms with Gasteiger partial charge in [0, 0.05) is 0 Å². The maximum Gasteiger partial charge on any atom is 0.470 e. The molecule has 0 aliphatic carbocycles. The van der Waals surface area contributed by atoms with E-state index >= 15 is 0 Å². The highest BCUT2D eigenvalue weighted by Crippen LogP contribution is 2.11. The Morgan fingerprint density at radius 2 is 1.60 bits per heavy atom. The van der Waals surface area contributed by atoms with Crippen LogP contribution < -0.4 is 18.1 Å². The van der Waals surface area contributed by atoms with E-state index in [-0.39, 0.29) is 19.0 Å². The van der Waals surface area contributed by atoms with Crippen LogP contribution in [0.3, 0.4) is 0 Å². The molecule has 0 aromatic rings. The number of hydrogen-bond acceptors (Lipinski definition) is 2. The van der Waals surface area contributed by atoms with Gasteiger partial charge in [-0.3, -0.25) is 4.79 Å². The van der Waals surface area contributed by atoms with Crippen LogP contribution in [0.2, 0.25) is 0 Å². The van der Waals surface area contributed by atoms with Crippen LogP contribution in [0.1, 0.15) is 0 Å². The number of aliphatic hydroxyl groups is 1. The minimum Gasteiger partial charge on any atom is -1.00 e. The molecule has 0 aromatic heterocycles. The van der Waals surface area contributed by atoms with Crippen molar-refractivity contribution in [1.29, 1.82) is 0 Å². The highest BCUT2D eigenvalue weighted by Gasteiger charge is 2.35. The molecule has 4 nitrogen and oxygen atoms in total. The van der Waals surface area contributed by atoms with Gasteiger partial charge in [-0.2, -0.15) is 13.2 Å². The van der Waals surface area contributed by atoms with E-state index in [1.165, 1.54) is 0 Å². The largest absolute Gasteiger partial charge is 1.00 e. The highest BCUT2D eigenvalue weighted by atomic mass is 35.5. The number of quaternary nitrogens is 1. The fraction of sp³-hybridized carbons (Fsp3) is 0.857. The van der Waals surface area contributed by atoms with Crippen molar-refractivity contribution < 1.29 is 40.0 Å². The molecule has 3 N–H and O–H groups in total. The lowest BCUT2D eigenvalue weighted by Gasteiger charge is -2.21. The summed E-state index contributed by atoms with van der Waals surface area (Å²) >= 11 is 0. The molecule has 0 radical (unpaired) electrons. The Morgan fingerprint density at radius 1 is 1.33 bits per heavy atom. The van der Waals surface area contributed by atoms with Crippen molar-refractivity contribution in [1.82, 2.24) is 0 Å². The zero-order valence-electron chi connectivity index (χ0n) is 8.81. The summed E-state index contributed by atoms with van der Waals surface area (Å²) in [5.74, 6) is -2.26. The SMILES string of the molecule is C[N+](C)(C)CCO.NC(=O)C(F)(F)F.[Cl-]. The maximum absolute atomic E-state index is 10.7. The van der Waals surface area contributed by atoms with Gasteiger partial charge < -0.3 is 27.7 Å². The molecule has 8 heteroatoms.